The van der Waals surface area contributed by atoms with E-state index in [1.807, 2.05) is 81.4 Å². The van der Waals surface area contributed by atoms with Crippen LogP contribution >= 0.6 is 11.6 Å². The number of nitrogens with zero attached hydrogens (tertiary/aromatic N) is 2. The van der Waals surface area contributed by atoms with Crippen LogP contribution in [-0.2, 0) is 32.6 Å². The van der Waals surface area contributed by atoms with Crippen molar-refractivity contribution in [1.82, 2.24) is 10.2 Å². The molecule has 5 rings (SSSR count). The molecule has 10 heteroatoms. The van der Waals surface area contributed by atoms with Crippen LogP contribution in [0, 0.1) is 6.92 Å². The number of aryl methyl sites for hydroxylation is 1. The Balaban J connectivity index is 1.55. The van der Waals surface area contributed by atoms with Gasteiger partial charge in [0.15, 0.2) is 0 Å². The summed E-state index contributed by atoms with van der Waals surface area (Å²) in [5.41, 5.74) is 2.73. The molecule has 50 heavy (non-hydrogen) atoms. The van der Waals surface area contributed by atoms with E-state index in [0.29, 0.717) is 16.5 Å². The molecule has 1 N–H and O–H groups in total. The Morgan fingerprint density at radius 2 is 1.32 bits per heavy atom. The Bertz CT molecular complexity index is 1970. The van der Waals surface area contributed by atoms with Gasteiger partial charge in [0.25, 0.3) is 10.0 Å². The number of para-hydroxylation sites is 1. The maximum absolute atomic E-state index is 14.6. The van der Waals surface area contributed by atoms with Crippen molar-refractivity contribution in [1.29, 1.82) is 0 Å². The number of carbonyl (C=O) groups is 2. The summed E-state index contributed by atoms with van der Waals surface area (Å²) in [5, 5.41) is 3.49. The molecule has 8 nitrogen and oxygen atoms in total. The second kappa shape index (κ2) is 16.5. The van der Waals surface area contributed by atoms with E-state index in [1.165, 1.54) is 17.0 Å². The summed E-state index contributed by atoms with van der Waals surface area (Å²) in [6.45, 7) is 5.05. The second-order valence-corrected chi connectivity index (χ2v) is 14.5. The van der Waals surface area contributed by atoms with Gasteiger partial charge in [-0.05, 0) is 92.6 Å². The molecule has 0 radical (unpaired) electrons. The third kappa shape index (κ3) is 9.52. The highest BCUT2D eigenvalue weighted by Gasteiger charge is 2.35. The summed E-state index contributed by atoms with van der Waals surface area (Å²) in [7, 11) is -4.25. The van der Waals surface area contributed by atoms with E-state index in [1.54, 1.807) is 60.7 Å². The summed E-state index contributed by atoms with van der Waals surface area (Å²) in [6, 6.07) is 37.5. The van der Waals surface area contributed by atoms with Gasteiger partial charge in [0, 0.05) is 24.0 Å². The van der Waals surface area contributed by atoms with Crippen LogP contribution in [0.15, 0.2) is 138 Å². The Kier molecular flexibility index (Phi) is 12.0. The van der Waals surface area contributed by atoms with Gasteiger partial charge >= 0.3 is 0 Å². The van der Waals surface area contributed by atoms with Crippen LogP contribution in [0.2, 0.25) is 5.02 Å². The number of anilines is 1. The largest absolute Gasteiger partial charge is 0.457 e. The minimum Gasteiger partial charge on any atom is -0.457 e. The number of ether oxygens (including phenoxy) is 1. The molecule has 5 aromatic rings. The van der Waals surface area contributed by atoms with E-state index >= 15 is 0 Å². The molecule has 0 aliphatic heterocycles. The number of hydrogen-bond donors (Lipinski definition) is 1. The van der Waals surface area contributed by atoms with Crippen molar-refractivity contribution in [2.75, 3.05) is 10.8 Å². The fourth-order valence-corrected chi connectivity index (χ4v) is 6.93. The van der Waals surface area contributed by atoms with Crippen LogP contribution in [0.1, 0.15) is 30.5 Å². The highest BCUT2D eigenvalue weighted by Crippen LogP contribution is 2.29. The summed E-state index contributed by atoms with van der Waals surface area (Å²) in [4.78, 5) is 30.0. The van der Waals surface area contributed by atoms with Crippen molar-refractivity contribution in [3.63, 3.8) is 0 Å². The second-order valence-electron chi connectivity index (χ2n) is 12.3. The first-order valence-electron chi connectivity index (χ1n) is 16.3. The summed E-state index contributed by atoms with van der Waals surface area (Å²) in [6.07, 6.45) is 0.217. The highest BCUT2D eigenvalue weighted by atomic mass is 35.5. The van der Waals surface area contributed by atoms with Gasteiger partial charge in [0.2, 0.25) is 11.8 Å². The fourth-order valence-electron chi connectivity index (χ4n) is 5.39. The summed E-state index contributed by atoms with van der Waals surface area (Å²) in [5.74, 6) is 0.222. The molecule has 0 unspecified atom stereocenters. The first-order chi connectivity index (χ1) is 24.0. The Morgan fingerprint density at radius 3 is 1.92 bits per heavy atom. The van der Waals surface area contributed by atoms with Crippen LogP contribution < -0.4 is 14.4 Å². The Morgan fingerprint density at radius 1 is 0.740 bits per heavy atom. The minimum absolute atomic E-state index is 0.0307. The van der Waals surface area contributed by atoms with Gasteiger partial charge in [-0.1, -0.05) is 90.0 Å². The van der Waals surface area contributed by atoms with Crippen LogP contribution in [0.5, 0.6) is 11.5 Å². The monoisotopic (exact) mass is 709 g/mol. The number of benzene rings is 5. The smallest absolute Gasteiger partial charge is 0.264 e. The first kappa shape index (κ1) is 36.2. The summed E-state index contributed by atoms with van der Waals surface area (Å²) >= 11 is 6.17. The predicted octanol–water partition coefficient (Wildman–Crippen LogP) is 7.80. The van der Waals surface area contributed by atoms with E-state index in [4.69, 9.17) is 16.3 Å². The zero-order valence-electron chi connectivity index (χ0n) is 28.2. The van der Waals surface area contributed by atoms with Gasteiger partial charge in [-0.25, -0.2) is 8.42 Å². The van der Waals surface area contributed by atoms with E-state index in [9.17, 15) is 18.0 Å². The zero-order valence-corrected chi connectivity index (χ0v) is 29.8. The number of hydrogen-bond acceptors (Lipinski definition) is 5. The molecule has 258 valence electrons. The van der Waals surface area contributed by atoms with Crippen LogP contribution in [0.4, 0.5) is 5.69 Å². The number of amides is 2. The normalized spacial score (nSPS) is 11.9. The Hall–Kier alpha value is -5.12. The molecule has 0 aliphatic carbocycles. The standard InChI is InChI=1S/C40H40ClN3O5S/c1-29(2)42-40(46)38(26-31-10-6-4-7-11-31)43(27-32-16-18-33(41)19-17-32)39(45)28-44(50(47,48)37-24-14-30(3)15-25-37)34-20-22-36(23-21-34)49-35-12-8-5-9-13-35/h4-25,29,38H,26-28H2,1-3H3,(H,42,46)/t38-/m1/s1. The highest BCUT2D eigenvalue weighted by molar-refractivity contribution is 7.92. The molecule has 2 amide bonds. The number of rotatable bonds is 14. The number of carbonyl (C=O) groups excluding carboxylic acids is 2. The van der Waals surface area contributed by atoms with Crippen molar-refractivity contribution < 1.29 is 22.7 Å². The molecule has 0 spiro atoms. The molecule has 0 aromatic heterocycles. The topological polar surface area (TPSA) is 96.0 Å². The molecule has 0 aliphatic rings. The first-order valence-corrected chi connectivity index (χ1v) is 18.1. The Labute approximate surface area is 299 Å². The molecule has 5 aromatic carbocycles. The molecule has 0 fully saturated rings. The number of nitrogens with one attached hydrogen (secondary N) is 1. The lowest BCUT2D eigenvalue weighted by Crippen LogP contribution is -2.54. The van der Waals surface area contributed by atoms with Gasteiger partial charge in [-0.15, -0.1) is 0 Å². The molecular weight excluding hydrogens is 670 g/mol. The molecule has 0 bridgehead atoms. The minimum atomic E-state index is -4.25. The molecular formula is C40H40ClN3O5S. The average Bonchev–Trinajstić information content (AvgIpc) is 3.10. The van der Waals surface area contributed by atoms with Crippen molar-refractivity contribution in [3.8, 4) is 11.5 Å². The number of halogens is 1. The van der Waals surface area contributed by atoms with Crippen molar-refractivity contribution in [3.05, 3.63) is 155 Å². The van der Waals surface area contributed by atoms with Gasteiger partial charge in [0.05, 0.1) is 10.6 Å². The van der Waals surface area contributed by atoms with E-state index in [2.05, 4.69) is 5.32 Å². The van der Waals surface area contributed by atoms with E-state index < -0.39 is 28.5 Å². The van der Waals surface area contributed by atoms with E-state index in [0.717, 1.165) is 21.0 Å². The van der Waals surface area contributed by atoms with Gasteiger partial charge in [-0.2, -0.15) is 0 Å². The van der Waals surface area contributed by atoms with Crippen LogP contribution in [-0.4, -0.2) is 43.8 Å². The zero-order chi connectivity index (χ0) is 35.7. The quantitative estimate of drug-likeness (QED) is 0.127. The number of sulfonamides is 1. The predicted molar refractivity (Wildman–Crippen MR) is 198 cm³/mol. The average molecular weight is 710 g/mol. The summed E-state index contributed by atoms with van der Waals surface area (Å²) < 4.78 is 35.7. The van der Waals surface area contributed by atoms with Crippen molar-refractivity contribution in [2.45, 2.75) is 50.7 Å². The van der Waals surface area contributed by atoms with E-state index in [-0.39, 0.29) is 35.5 Å². The lowest BCUT2D eigenvalue weighted by molar-refractivity contribution is -0.140. The molecule has 0 saturated heterocycles. The van der Waals surface area contributed by atoms with Gasteiger partial charge in [0.1, 0.15) is 24.1 Å². The van der Waals surface area contributed by atoms with Crippen molar-refractivity contribution >= 4 is 39.1 Å². The third-order valence-corrected chi connectivity index (χ3v) is 10.00. The SMILES string of the molecule is Cc1ccc(S(=O)(=O)N(CC(=O)N(Cc2ccc(Cl)cc2)[C@H](Cc2ccccc2)C(=O)NC(C)C)c2ccc(Oc3ccccc3)cc2)cc1. The lowest BCUT2D eigenvalue weighted by atomic mass is 10.0. The van der Waals surface area contributed by atoms with Gasteiger partial charge in [-0.3, -0.25) is 13.9 Å². The van der Waals surface area contributed by atoms with Crippen LogP contribution in [0.25, 0.3) is 0 Å². The third-order valence-electron chi connectivity index (χ3n) is 7.96. The fraction of sp³-hybridized carbons (Fsp3) is 0.200. The van der Waals surface area contributed by atoms with Crippen molar-refractivity contribution in [2.24, 2.45) is 0 Å². The molecule has 0 saturated carbocycles. The maximum atomic E-state index is 14.6. The lowest BCUT2D eigenvalue weighted by Gasteiger charge is -2.34. The molecule has 0 heterocycles. The van der Waals surface area contributed by atoms with Crippen LogP contribution in [0.3, 0.4) is 0 Å². The maximum Gasteiger partial charge on any atom is 0.264 e. The van der Waals surface area contributed by atoms with Gasteiger partial charge < -0.3 is 15.0 Å². The molecule has 1 atom stereocenters.